The van der Waals surface area contributed by atoms with Crippen molar-refractivity contribution >= 4 is 5.65 Å². The third-order valence-electron chi connectivity index (χ3n) is 2.54. The van der Waals surface area contributed by atoms with Crippen molar-refractivity contribution in [2.45, 2.75) is 34.6 Å². The summed E-state index contributed by atoms with van der Waals surface area (Å²) in [7, 11) is 0. The lowest BCUT2D eigenvalue weighted by atomic mass is 10.2. The van der Waals surface area contributed by atoms with E-state index < -0.39 is 0 Å². The van der Waals surface area contributed by atoms with Gasteiger partial charge in [-0.1, -0.05) is 13.8 Å². The zero-order valence-corrected chi connectivity index (χ0v) is 10.7. The molecule has 2 aromatic heterocycles. The molecule has 17 heavy (non-hydrogen) atoms. The van der Waals surface area contributed by atoms with Gasteiger partial charge in [-0.3, -0.25) is 9.89 Å². The van der Waals surface area contributed by atoms with Gasteiger partial charge < -0.3 is 0 Å². The van der Waals surface area contributed by atoms with Crippen LogP contribution in [0.2, 0.25) is 0 Å². The van der Waals surface area contributed by atoms with Gasteiger partial charge >= 0.3 is 0 Å². The van der Waals surface area contributed by atoms with Gasteiger partial charge in [0.25, 0.3) is 5.56 Å². The quantitative estimate of drug-likeness (QED) is 0.753. The van der Waals surface area contributed by atoms with E-state index in [1.165, 1.54) is 4.52 Å². The minimum Gasteiger partial charge on any atom is -0.293 e. The Kier molecular flexibility index (Phi) is 3.69. The van der Waals surface area contributed by atoms with Crippen LogP contribution in [0, 0.1) is 32.1 Å². The fourth-order valence-electron chi connectivity index (χ4n) is 1.51. The number of nitrogens with zero attached hydrogens (tertiary/aromatic N) is 3. The number of aromatic amines is 1. The van der Waals surface area contributed by atoms with Crippen molar-refractivity contribution in [3.63, 3.8) is 0 Å². The summed E-state index contributed by atoms with van der Waals surface area (Å²) in [6.07, 6.45) is 0. The first-order valence-electron chi connectivity index (χ1n) is 5.55. The number of hydrogen-bond donors (Lipinski definition) is 1. The molecule has 0 atom stereocenters. The van der Waals surface area contributed by atoms with Crippen molar-refractivity contribution in [3.05, 3.63) is 32.9 Å². The Morgan fingerprint density at radius 3 is 2.41 bits per heavy atom. The normalized spacial score (nSPS) is 9.65. The zero-order valence-electron chi connectivity index (χ0n) is 10.7. The highest BCUT2D eigenvalue weighted by molar-refractivity contribution is 5.57. The van der Waals surface area contributed by atoms with Crippen LogP contribution in [0.3, 0.4) is 0 Å². The van der Waals surface area contributed by atoms with Crippen molar-refractivity contribution in [2.75, 3.05) is 0 Å². The first-order chi connectivity index (χ1) is 8.06. The molecule has 0 aliphatic heterocycles. The number of H-pyrrole nitrogens is 1. The van der Waals surface area contributed by atoms with Crippen LogP contribution >= 0.6 is 0 Å². The van der Waals surface area contributed by atoms with Gasteiger partial charge in [0, 0.05) is 11.3 Å². The maximum Gasteiger partial charge on any atom is 0.275 e. The van der Waals surface area contributed by atoms with Gasteiger partial charge in [0.15, 0.2) is 5.65 Å². The van der Waals surface area contributed by atoms with Crippen molar-refractivity contribution in [2.24, 2.45) is 0 Å². The number of nitriles is 1. The first kappa shape index (κ1) is 13.0. The molecule has 90 valence electrons. The number of rotatable bonds is 0. The summed E-state index contributed by atoms with van der Waals surface area (Å²) in [4.78, 5) is 16.0. The average molecular weight is 232 g/mol. The molecule has 0 fully saturated rings. The molecule has 5 heteroatoms. The zero-order chi connectivity index (χ0) is 13.2. The number of aromatic nitrogens is 3. The van der Waals surface area contributed by atoms with Gasteiger partial charge in [-0.15, -0.1) is 0 Å². The van der Waals surface area contributed by atoms with Crippen LogP contribution in [0.4, 0.5) is 0 Å². The minimum absolute atomic E-state index is 0.151. The van der Waals surface area contributed by atoms with Crippen LogP contribution in [0.15, 0.2) is 4.79 Å². The van der Waals surface area contributed by atoms with Gasteiger partial charge in [-0.05, 0) is 20.8 Å². The Hall–Kier alpha value is -2.09. The lowest BCUT2D eigenvalue weighted by molar-refractivity contribution is 0.859. The Morgan fingerprint density at radius 1 is 1.29 bits per heavy atom. The molecule has 0 unspecified atom stereocenters. The fourth-order valence-corrected chi connectivity index (χ4v) is 1.51. The Bertz CT molecular complexity index is 643. The Balaban J connectivity index is 0.000000686. The van der Waals surface area contributed by atoms with Crippen molar-refractivity contribution in [1.82, 2.24) is 14.6 Å². The van der Waals surface area contributed by atoms with E-state index in [4.69, 9.17) is 5.26 Å². The van der Waals surface area contributed by atoms with E-state index >= 15 is 0 Å². The van der Waals surface area contributed by atoms with Crippen LogP contribution in [0.1, 0.15) is 36.4 Å². The van der Waals surface area contributed by atoms with Crippen molar-refractivity contribution in [3.8, 4) is 6.07 Å². The molecule has 1 N–H and O–H groups in total. The molecule has 0 bridgehead atoms. The number of hydrogen-bond acceptors (Lipinski definition) is 3. The highest BCUT2D eigenvalue weighted by Crippen LogP contribution is 2.11. The van der Waals surface area contributed by atoms with Crippen molar-refractivity contribution < 1.29 is 0 Å². The molecule has 0 saturated carbocycles. The number of fused-ring (bicyclic) bond motifs is 1. The summed E-state index contributed by atoms with van der Waals surface area (Å²) in [6, 6.07) is 2.04. The van der Waals surface area contributed by atoms with E-state index in [9.17, 15) is 4.79 Å². The first-order valence-corrected chi connectivity index (χ1v) is 5.55. The molecule has 0 spiro atoms. The molecular formula is C12H16N4O. The van der Waals surface area contributed by atoms with Gasteiger partial charge in [0.2, 0.25) is 0 Å². The smallest absolute Gasteiger partial charge is 0.275 e. The molecular weight excluding hydrogens is 216 g/mol. The van der Waals surface area contributed by atoms with Crippen LogP contribution in [-0.2, 0) is 0 Å². The number of nitrogens with one attached hydrogen (secondary N) is 1. The number of aryl methyl sites for hydroxylation is 2. The van der Waals surface area contributed by atoms with Gasteiger partial charge in [-0.25, -0.2) is 4.98 Å². The standard InChI is InChI=1S/C10H10N4O.C2H6/c1-5-6(2)12-9-8(4-11)7(3)13-14(9)10(5)15;1-2/h13H,1-3H3;1-2H3. The average Bonchev–Trinajstić information content (AvgIpc) is 2.65. The molecule has 0 aliphatic rings. The van der Waals surface area contributed by atoms with E-state index in [0.717, 1.165) is 0 Å². The third-order valence-corrected chi connectivity index (χ3v) is 2.54. The summed E-state index contributed by atoms with van der Waals surface area (Å²) in [5.74, 6) is 0. The molecule has 0 saturated heterocycles. The topological polar surface area (TPSA) is 73.9 Å². The van der Waals surface area contributed by atoms with E-state index in [2.05, 4.69) is 10.1 Å². The summed E-state index contributed by atoms with van der Waals surface area (Å²) >= 11 is 0. The predicted molar refractivity (Wildman–Crippen MR) is 66.1 cm³/mol. The van der Waals surface area contributed by atoms with Crippen LogP contribution in [-0.4, -0.2) is 14.6 Å². The molecule has 2 aromatic rings. The van der Waals surface area contributed by atoms with E-state index in [0.29, 0.717) is 28.2 Å². The highest BCUT2D eigenvalue weighted by Gasteiger charge is 2.13. The second-order valence-corrected chi connectivity index (χ2v) is 3.51. The molecule has 5 nitrogen and oxygen atoms in total. The van der Waals surface area contributed by atoms with Gasteiger partial charge in [0.05, 0.1) is 5.69 Å². The molecule has 2 heterocycles. The van der Waals surface area contributed by atoms with Crippen LogP contribution in [0.5, 0.6) is 0 Å². The van der Waals surface area contributed by atoms with Crippen LogP contribution < -0.4 is 5.56 Å². The summed E-state index contributed by atoms with van der Waals surface area (Å²) in [5, 5.41) is 11.8. The maximum absolute atomic E-state index is 11.8. The second kappa shape index (κ2) is 4.83. The Morgan fingerprint density at radius 2 is 1.88 bits per heavy atom. The highest BCUT2D eigenvalue weighted by atomic mass is 16.1. The molecule has 0 radical (unpaired) electrons. The SMILES string of the molecule is CC.Cc1nc2c(C#N)c(C)[nH]n2c(=O)c1C. The summed E-state index contributed by atoms with van der Waals surface area (Å²) in [5.41, 5.74) is 2.60. The monoisotopic (exact) mass is 232 g/mol. The lowest BCUT2D eigenvalue weighted by Gasteiger charge is -1.98. The van der Waals surface area contributed by atoms with Gasteiger partial charge in [0.1, 0.15) is 11.6 Å². The molecule has 0 aromatic carbocycles. The second-order valence-electron chi connectivity index (χ2n) is 3.51. The van der Waals surface area contributed by atoms with E-state index in [1.807, 2.05) is 19.9 Å². The minimum atomic E-state index is -0.151. The third kappa shape index (κ3) is 1.94. The largest absolute Gasteiger partial charge is 0.293 e. The van der Waals surface area contributed by atoms with E-state index in [-0.39, 0.29) is 5.56 Å². The lowest BCUT2D eigenvalue weighted by Crippen LogP contribution is -2.19. The molecule has 0 amide bonds. The van der Waals surface area contributed by atoms with Gasteiger partial charge in [-0.2, -0.15) is 9.78 Å². The summed E-state index contributed by atoms with van der Waals surface area (Å²) in [6.45, 7) is 9.23. The maximum atomic E-state index is 11.8. The predicted octanol–water partition coefficient (Wildman–Crippen LogP) is 1.85. The molecule has 0 aliphatic carbocycles. The Labute approximate surface area is 99.7 Å². The van der Waals surface area contributed by atoms with Crippen molar-refractivity contribution in [1.29, 1.82) is 5.26 Å². The fraction of sp³-hybridized carbons (Fsp3) is 0.417. The molecule has 2 rings (SSSR count). The summed E-state index contributed by atoms with van der Waals surface area (Å²) < 4.78 is 1.32. The van der Waals surface area contributed by atoms with Crippen LogP contribution in [0.25, 0.3) is 5.65 Å². The van der Waals surface area contributed by atoms with E-state index in [1.54, 1.807) is 20.8 Å².